The van der Waals surface area contributed by atoms with Crippen LogP contribution in [0.2, 0.25) is 0 Å². The summed E-state index contributed by atoms with van der Waals surface area (Å²) >= 11 is 1.23. The maximum absolute atomic E-state index is 13.6. The van der Waals surface area contributed by atoms with Gasteiger partial charge in [0.2, 0.25) is 0 Å². The van der Waals surface area contributed by atoms with Crippen molar-refractivity contribution in [3.8, 4) is 6.07 Å². The first-order valence-electron chi connectivity index (χ1n) is 6.73. The Balaban J connectivity index is 2.21. The molecule has 1 nitrogen and oxygen atoms in total. The molecule has 0 spiro atoms. The summed E-state index contributed by atoms with van der Waals surface area (Å²) in [6.07, 6.45) is -2.92. The molecule has 0 bridgehead atoms. The van der Waals surface area contributed by atoms with E-state index in [-0.39, 0.29) is 24.5 Å². The second kappa shape index (κ2) is 6.15. The van der Waals surface area contributed by atoms with Gasteiger partial charge in [-0.05, 0) is 30.9 Å². The van der Waals surface area contributed by atoms with Gasteiger partial charge in [0.25, 0.3) is 0 Å². The van der Waals surface area contributed by atoms with Crippen molar-refractivity contribution in [2.45, 2.75) is 30.8 Å². The highest BCUT2D eigenvalue weighted by atomic mass is 32.2. The van der Waals surface area contributed by atoms with Crippen LogP contribution in [0.25, 0.3) is 0 Å². The highest BCUT2D eigenvalue weighted by Crippen LogP contribution is 2.52. The van der Waals surface area contributed by atoms with Gasteiger partial charge < -0.3 is 0 Å². The van der Waals surface area contributed by atoms with Crippen molar-refractivity contribution in [1.82, 2.24) is 0 Å². The number of allylic oxidation sites excluding steroid dienone is 2. The van der Waals surface area contributed by atoms with E-state index < -0.39 is 11.6 Å². The number of nitriles is 1. The number of alkyl halides is 3. The van der Waals surface area contributed by atoms with E-state index in [0.29, 0.717) is 5.57 Å². The van der Waals surface area contributed by atoms with Gasteiger partial charge >= 0.3 is 6.18 Å². The molecular formula is C16H16F3NS. The summed E-state index contributed by atoms with van der Waals surface area (Å²) in [6.45, 7) is 1.70. The fraction of sp³-hybridized carbons (Fsp3) is 0.438. The van der Waals surface area contributed by atoms with E-state index in [0.717, 1.165) is 4.90 Å². The number of benzene rings is 1. The molecule has 2 rings (SSSR count). The van der Waals surface area contributed by atoms with Gasteiger partial charge in [-0.3, -0.25) is 0 Å². The zero-order valence-electron chi connectivity index (χ0n) is 11.7. The molecule has 5 heteroatoms. The van der Waals surface area contributed by atoms with Crippen molar-refractivity contribution in [3.63, 3.8) is 0 Å². The average molecular weight is 311 g/mol. The second-order valence-electron chi connectivity index (χ2n) is 5.46. The predicted octanol–water partition coefficient (Wildman–Crippen LogP) is 5.21. The minimum absolute atomic E-state index is 0.0138. The Morgan fingerprint density at radius 3 is 2.52 bits per heavy atom. The van der Waals surface area contributed by atoms with Crippen LogP contribution in [0.3, 0.4) is 0 Å². The molecule has 1 aromatic carbocycles. The minimum atomic E-state index is -4.26. The van der Waals surface area contributed by atoms with E-state index >= 15 is 0 Å². The number of hydrogen-bond donors (Lipinski definition) is 0. The van der Waals surface area contributed by atoms with Crippen LogP contribution in [-0.2, 0) is 0 Å². The lowest BCUT2D eigenvalue weighted by Gasteiger charge is -2.39. The number of nitrogens with zero attached hydrogens (tertiary/aromatic N) is 1. The Bertz CT molecular complexity index is 559. The fourth-order valence-corrected chi connectivity index (χ4v) is 3.80. The Hall–Kier alpha value is -1.41. The maximum atomic E-state index is 13.6. The van der Waals surface area contributed by atoms with E-state index in [1.165, 1.54) is 17.8 Å². The summed E-state index contributed by atoms with van der Waals surface area (Å²) in [5.74, 6) is -0.359. The standard InChI is InChI=1S/C16H16F3NS/c1-12-9-15(16(17,18)19,8-7-13(12)10-20)11-21-14-5-3-2-4-6-14/h2-7,12H,8-9,11H2,1H3. The third-order valence-electron chi connectivity index (χ3n) is 3.93. The van der Waals surface area contributed by atoms with Gasteiger partial charge in [-0.15, -0.1) is 11.8 Å². The van der Waals surface area contributed by atoms with Gasteiger partial charge in [0, 0.05) is 16.2 Å². The lowest BCUT2D eigenvalue weighted by atomic mass is 9.71. The number of halogens is 3. The molecule has 1 aliphatic rings. The van der Waals surface area contributed by atoms with Crippen molar-refractivity contribution in [3.05, 3.63) is 42.0 Å². The molecular weight excluding hydrogens is 295 g/mol. The number of rotatable bonds is 3. The summed E-state index contributed by atoms with van der Waals surface area (Å²) in [5.41, 5.74) is -1.27. The Morgan fingerprint density at radius 2 is 2.00 bits per heavy atom. The third kappa shape index (κ3) is 3.44. The predicted molar refractivity (Wildman–Crippen MR) is 77.7 cm³/mol. The van der Waals surface area contributed by atoms with Crippen molar-refractivity contribution < 1.29 is 13.2 Å². The quantitative estimate of drug-likeness (QED) is 0.716. The van der Waals surface area contributed by atoms with E-state index in [9.17, 15) is 13.2 Å². The fourth-order valence-electron chi connectivity index (χ4n) is 2.61. The molecule has 0 N–H and O–H groups in total. The average Bonchev–Trinajstić information content (AvgIpc) is 2.45. The van der Waals surface area contributed by atoms with Crippen molar-refractivity contribution in [1.29, 1.82) is 5.26 Å². The summed E-state index contributed by atoms with van der Waals surface area (Å²) in [5, 5.41) is 8.94. The molecule has 0 aromatic heterocycles. The van der Waals surface area contributed by atoms with Crippen molar-refractivity contribution >= 4 is 11.8 Å². The molecule has 0 aliphatic heterocycles. The van der Waals surface area contributed by atoms with Crippen LogP contribution in [0.5, 0.6) is 0 Å². The molecule has 0 amide bonds. The molecule has 112 valence electrons. The summed E-state index contributed by atoms with van der Waals surface area (Å²) in [4.78, 5) is 0.837. The largest absolute Gasteiger partial charge is 0.395 e. The normalized spacial score (nSPS) is 26.0. The lowest BCUT2D eigenvalue weighted by Crippen LogP contribution is -2.43. The van der Waals surface area contributed by atoms with Crippen LogP contribution < -0.4 is 0 Å². The van der Waals surface area contributed by atoms with Crippen LogP contribution in [0.4, 0.5) is 13.2 Å². The van der Waals surface area contributed by atoms with E-state index in [1.807, 2.05) is 36.4 Å². The smallest absolute Gasteiger partial charge is 0.193 e. The van der Waals surface area contributed by atoms with Gasteiger partial charge in [-0.1, -0.05) is 31.2 Å². The monoisotopic (exact) mass is 311 g/mol. The molecule has 2 atom stereocenters. The first-order valence-corrected chi connectivity index (χ1v) is 7.71. The zero-order valence-corrected chi connectivity index (χ0v) is 12.5. The number of hydrogen-bond acceptors (Lipinski definition) is 2. The lowest BCUT2D eigenvalue weighted by molar-refractivity contribution is -0.221. The molecule has 0 saturated carbocycles. The van der Waals surface area contributed by atoms with Crippen LogP contribution in [0.1, 0.15) is 19.8 Å². The summed E-state index contributed by atoms with van der Waals surface area (Å²) < 4.78 is 40.7. The van der Waals surface area contributed by atoms with Crippen LogP contribution in [0.15, 0.2) is 46.9 Å². The van der Waals surface area contributed by atoms with Crippen molar-refractivity contribution in [2.75, 3.05) is 5.75 Å². The van der Waals surface area contributed by atoms with Gasteiger partial charge in [0.05, 0.1) is 11.5 Å². The molecule has 1 aliphatic carbocycles. The number of thioether (sulfide) groups is 1. The first-order chi connectivity index (χ1) is 9.88. The Morgan fingerprint density at radius 1 is 1.33 bits per heavy atom. The SMILES string of the molecule is CC1CC(CSc2ccccc2)(C(F)(F)F)CC=C1C#N. The summed E-state index contributed by atoms with van der Waals surface area (Å²) in [7, 11) is 0. The van der Waals surface area contributed by atoms with Crippen molar-refractivity contribution in [2.24, 2.45) is 11.3 Å². The van der Waals surface area contributed by atoms with Gasteiger partial charge in [0.15, 0.2) is 0 Å². The molecule has 2 unspecified atom stereocenters. The second-order valence-corrected chi connectivity index (χ2v) is 6.51. The van der Waals surface area contributed by atoms with E-state index in [2.05, 4.69) is 0 Å². The Labute approximate surface area is 126 Å². The first kappa shape index (κ1) is 16.0. The van der Waals surface area contributed by atoms with Crippen LogP contribution in [0, 0.1) is 22.7 Å². The highest BCUT2D eigenvalue weighted by molar-refractivity contribution is 7.99. The third-order valence-corrected chi connectivity index (χ3v) is 5.23. The molecule has 0 fully saturated rings. The molecule has 0 radical (unpaired) electrons. The Kier molecular flexibility index (Phi) is 4.67. The van der Waals surface area contributed by atoms with Gasteiger partial charge in [-0.25, -0.2) is 0 Å². The van der Waals surface area contributed by atoms with E-state index in [4.69, 9.17) is 5.26 Å². The molecule has 21 heavy (non-hydrogen) atoms. The molecule has 0 heterocycles. The van der Waals surface area contributed by atoms with Crippen LogP contribution in [-0.4, -0.2) is 11.9 Å². The maximum Gasteiger partial charge on any atom is 0.395 e. The van der Waals surface area contributed by atoms with Gasteiger partial charge in [0.1, 0.15) is 0 Å². The highest BCUT2D eigenvalue weighted by Gasteiger charge is 2.55. The molecule has 0 saturated heterocycles. The zero-order chi connectivity index (χ0) is 15.5. The summed E-state index contributed by atoms with van der Waals surface area (Å²) in [6, 6.07) is 11.1. The topological polar surface area (TPSA) is 23.8 Å². The van der Waals surface area contributed by atoms with Gasteiger partial charge in [-0.2, -0.15) is 18.4 Å². The minimum Gasteiger partial charge on any atom is -0.193 e. The van der Waals surface area contributed by atoms with Crippen LogP contribution >= 0.6 is 11.8 Å². The van der Waals surface area contributed by atoms with E-state index in [1.54, 1.807) is 6.92 Å². The molecule has 1 aromatic rings.